The van der Waals surface area contributed by atoms with E-state index in [1.807, 2.05) is 0 Å². The first-order chi connectivity index (χ1) is 13.8. The molecule has 0 saturated carbocycles. The molecular formula is C18H18N4O7. The number of nitrogens with one attached hydrogen (secondary N) is 2. The highest BCUT2D eigenvalue weighted by Gasteiger charge is 2.13. The third-order valence-electron chi connectivity index (χ3n) is 3.65. The van der Waals surface area contributed by atoms with Crippen molar-refractivity contribution in [3.63, 3.8) is 0 Å². The molecule has 2 aromatic carbocycles. The van der Waals surface area contributed by atoms with E-state index in [1.165, 1.54) is 38.6 Å². The number of carbonyl (C=O) groups is 2. The minimum atomic E-state index is -0.723. The van der Waals surface area contributed by atoms with Crippen LogP contribution in [0.25, 0.3) is 0 Å². The number of aromatic hydroxyl groups is 1. The summed E-state index contributed by atoms with van der Waals surface area (Å²) < 4.78 is 10.2. The molecule has 3 N–H and O–H groups in total. The SMILES string of the molecule is COc1ccc(C(=O)NCC(=O)NN=Cc2ccc([N+](=O)[O-])c(O)c2)cc1OC. The standard InChI is InChI=1S/C18H18N4O7/c1-28-15-6-4-12(8-16(15)29-2)18(25)19-10-17(24)21-20-9-11-3-5-13(22(26)27)14(23)7-11/h3-9,23H,10H2,1-2H3,(H,19,25)(H,21,24). The molecule has 0 atom stereocenters. The minimum Gasteiger partial charge on any atom is -0.502 e. The Labute approximate surface area is 165 Å². The zero-order chi connectivity index (χ0) is 21.4. The van der Waals surface area contributed by atoms with Crippen molar-refractivity contribution in [3.05, 3.63) is 57.6 Å². The van der Waals surface area contributed by atoms with Gasteiger partial charge in [-0.05, 0) is 35.9 Å². The normalized spacial score (nSPS) is 10.4. The lowest BCUT2D eigenvalue weighted by Crippen LogP contribution is -2.34. The molecule has 11 nitrogen and oxygen atoms in total. The van der Waals surface area contributed by atoms with Gasteiger partial charge in [0.25, 0.3) is 11.8 Å². The van der Waals surface area contributed by atoms with Crippen LogP contribution in [0.3, 0.4) is 0 Å². The Morgan fingerprint density at radius 2 is 1.90 bits per heavy atom. The molecule has 0 aliphatic rings. The molecule has 152 valence electrons. The van der Waals surface area contributed by atoms with E-state index in [1.54, 1.807) is 6.07 Å². The minimum absolute atomic E-state index is 0.278. The highest BCUT2D eigenvalue weighted by Crippen LogP contribution is 2.27. The van der Waals surface area contributed by atoms with Gasteiger partial charge in [0, 0.05) is 11.6 Å². The molecule has 0 saturated heterocycles. The number of hydrazone groups is 1. The Kier molecular flexibility index (Phi) is 7.07. The second-order valence-electron chi connectivity index (χ2n) is 5.55. The number of phenols is 1. The van der Waals surface area contributed by atoms with E-state index in [0.717, 1.165) is 12.1 Å². The molecule has 0 spiro atoms. The summed E-state index contributed by atoms with van der Waals surface area (Å²) in [4.78, 5) is 33.8. The zero-order valence-corrected chi connectivity index (χ0v) is 15.5. The number of nitro groups is 1. The molecule has 2 aromatic rings. The third-order valence-corrected chi connectivity index (χ3v) is 3.65. The molecule has 0 heterocycles. The molecule has 0 radical (unpaired) electrons. The van der Waals surface area contributed by atoms with E-state index >= 15 is 0 Å². The molecule has 0 aromatic heterocycles. The number of nitro benzene ring substituents is 1. The lowest BCUT2D eigenvalue weighted by Gasteiger charge is -2.09. The van der Waals surface area contributed by atoms with Crippen LogP contribution in [0.5, 0.6) is 17.2 Å². The summed E-state index contributed by atoms with van der Waals surface area (Å²) >= 11 is 0. The molecule has 29 heavy (non-hydrogen) atoms. The van der Waals surface area contributed by atoms with Crippen LogP contribution in [0.2, 0.25) is 0 Å². The van der Waals surface area contributed by atoms with Gasteiger partial charge in [0.15, 0.2) is 17.2 Å². The quantitative estimate of drug-likeness (QED) is 0.341. The van der Waals surface area contributed by atoms with Crippen LogP contribution in [0.4, 0.5) is 5.69 Å². The van der Waals surface area contributed by atoms with Crippen molar-refractivity contribution < 1.29 is 29.1 Å². The topological polar surface area (TPSA) is 152 Å². The number of amides is 2. The van der Waals surface area contributed by atoms with Crippen molar-refractivity contribution in [2.45, 2.75) is 0 Å². The van der Waals surface area contributed by atoms with Gasteiger partial charge in [-0.15, -0.1) is 0 Å². The van der Waals surface area contributed by atoms with Gasteiger partial charge in [-0.2, -0.15) is 5.10 Å². The van der Waals surface area contributed by atoms with Crippen LogP contribution >= 0.6 is 0 Å². The fourth-order valence-electron chi connectivity index (χ4n) is 2.23. The van der Waals surface area contributed by atoms with Gasteiger partial charge in [-0.3, -0.25) is 19.7 Å². The maximum Gasteiger partial charge on any atom is 0.310 e. The molecule has 2 rings (SSSR count). The number of rotatable bonds is 8. The van der Waals surface area contributed by atoms with Crippen molar-refractivity contribution in [3.8, 4) is 17.2 Å². The van der Waals surface area contributed by atoms with Crippen molar-refractivity contribution in [1.82, 2.24) is 10.7 Å². The summed E-state index contributed by atoms with van der Waals surface area (Å²) in [6.45, 7) is -0.337. The van der Waals surface area contributed by atoms with Crippen molar-refractivity contribution in [1.29, 1.82) is 0 Å². The monoisotopic (exact) mass is 402 g/mol. The molecule has 0 bridgehead atoms. The third kappa shape index (κ3) is 5.66. The Morgan fingerprint density at radius 3 is 2.52 bits per heavy atom. The van der Waals surface area contributed by atoms with E-state index in [9.17, 15) is 24.8 Å². The van der Waals surface area contributed by atoms with Gasteiger partial charge < -0.3 is 19.9 Å². The number of benzene rings is 2. The Bertz CT molecular complexity index is 959. The smallest absolute Gasteiger partial charge is 0.310 e. The van der Waals surface area contributed by atoms with Crippen LogP contribution < -0.4 is 20.2 Å². The van der Waals surface area contributed by atoms with Crippen LogP contribution in [-0.2, 0) is 4.79 Å². The Hall–Kier alpha value is -4.15. The fourth-order valence-corrected chi connectivity index (χ4v) is 2.23. The lowest BCUT2D eigenvalue weighted by molar-refractivity contribution is -0.385. The van der Waals surface area contributed by atoms with Gasteiger partial charge in [0.2, 0.25) is 0 Å². The van der Waals surface area contributed by atoms with E-state index < -0.39 is 28.2 Å². The lowest BCUT2D eigenvalue weighted by atomic mass is 10.2. The average molecular weight is 402 g/mol. The van der Waals surface area contributed by atoms with E-state index in [4.69, 9.17) is 9.47 Å². The van der Waals surface area contributed by atoms with Crippen LogP contribution in [0, 0.1) is 10.1 Å². The molecule has 0 fully saturated rings. The second kappa shape index (κ2) is 9.69. The first-order valence-corrected chi connectivity index (χ1v) is 8.15. The predicted octanol–water partition coefficient (Wildman–Crippen LogP) is 1.20. The van der Waals surface area contributed by atoms with Gasteiger partial charge in [0.05, 0.1) is 31.9 Å². The van der Waals surface area contributed by atoms with E-state index in [2.05, 4.69) is 15.8 Å². The number of phenolic OH excluding ortho intramolecular Hbond substituents is 1. The first kappa shape index (κ1) is 21.2. The second-order valence-corrected chi connectivity index (χ2v) is 5.55. The zero-order valence-electron chi connectivity index (χ0n) is 15.5. The highest BCUT2D eigenvalue weighted by molar-refractivity contribution is 5.97. The van der Waals surface area contributed by atoms with Crippen LogP contribution in [-0.4, -0.2) is 48.8 Å². The maximum atomic E-state index is 12.1. The van der Waals surface area contributed by atoms with Gasteiger partial charge in [-0.1, -0.05) is 0 Å². The summed E-state index contributed by atoms with van der Waals surface area (Å²) in [5.74, 6) is -0.770. The van der Waals surface area contributed by atoms with Crippen molar-refractivity contribution in [2.24, 2.45) is 5.10 Å². The van der Waals surface area contributed by atoms with Crippen molar-refractivity contribution in [2.75, 3.05) is 20.8 Å². The largest absolute Gasteiger partial charge is 0.502 e. The summed E-state index contributed by atoms with van der Waals surface area (Å²) in [7, 11) is 2.91. The highest BCUT2D eigenvalue weighted by atomic mass is 16.6. The fraction of sp³-hybridized carbons (Fsp3) is 0.167. The number of hydrogen-bond donors (Lipinski definition) is 3. The van der Waals surface area contributed by atoms with Gasteiger partial charge in [-0.25, -0.2) is 5.43 Å². The molecule has 11 heteroatoms. The van der Waals surface area contributed by atoms with Gasteiger partial charge in [0.1, 0.15) is 0 Å². The van der Waals surface area contributed by atoms with Crippen LogP contribution in [0.1, 0.15) is 15.9 Å². The van der Waals surface area contributed by atoms with E-state index in [0.29, 0.717) is 17.1 Å². The maximum absolute atomic E-state index is 12.1. The number of carbonyl (C=O) groups excluding carboxylic acids is 2. The molecule has 2 amide bonds. The summed E-state index contributed by atoms with van der Waals surface area (Å²) in [6.07, 6.45) is 1.19. The number of methoxy groups -OCH3 is 2. The molecular weight excluding hydrogens is 384 g/mol. The molecule has 0 aliphatic carbocycles. The number of ether oxygens (including phenoxy) is 2. The van der Waals surface area contributed by atoms with Crippen molar-refractivity contribution >= 4 is 23.7 Å². The number of nitrogens with zero attached hydrogens (tertiary/aromatic N) is 2. The summed E-state index contributed by atoms with van der Waals surface area (Å²) in [5, 5.41) is 26.3. The van der Waals surface area contributed by atoms with Crippen LogP contribution in [0.15, 0.2) is 41.5 Å². The Balaban J connectivity index is 1.88. The van der Waals surface area contributed by atoms with Gasteiger partial charge >= 0.3 is 5.69 Å². The Morgan fingerprint density at radius 1 is 1.17 bits per heavy atom. The molecule has 0 aliphatic heterocycles. The number of hydrogen-bond acceptors (Lipinski definition) is 8. The predicted molar refractivity (Wildman–Crippen MR) is 102 cm³/mol. The summed E-state index contributed by atoms with van der Waals surface area (Å²) in [6, 6.07) is 8.16. The summed E-state index contributed by atoms with van der Waals surface area (Å²) in [5.41, 5.74) is 2.36. The first-order valence-electron chi connectivity index (χ1n) is 8.15. The molecule has 0 unspecified atom stereocenters. The average Bonchev–Trinajstić information content (AvgIpc) is 2.71. The van der Waals surface area contributed by atoms with E-state index in [-0.39, 0.29) is 12.1 Å².